The second-order valence-corrected chi connectivity index (χ2v) is 9.34. The minimum atomic E-state index is -0.196. The van der Waals surface area contributed by atoms with Crippen molar-refractivity contribution in [2.24, 2.45) is 0 Å². The van der Waals surface area contributed by atoms with E-state index in [1.54, 1.807) is 24.3 Å². The number of hydrogen-bond donors (Lipinski definition) is 1. The van der Waals surface area contributed by atoms with Gasteiger partial charge in [-0.05, 0) is 47.7 Å². The summed E-state index contributed by atoms with van der Waals surface area (Å²) >= 11 is 14.8. The molecule has 5 nitrogen and oxygen atoms in total. The summed E-state index contributed by atoms with van der Waals surface area (Å²) in [5, 5.41) is 6.28. The number of thioether (sulfide) groups is 1. The van der Waals surface area contributed by atoms with Gasteiger partial charge in [-0.15, -0.1) is 11.3 Å². The number of para-hydroxylation sites is 1. The third-order valence-corrected chi connectivity index (χ3v) is 6.93. The van der Waals surface area contributed by atoms with Gasteiger partial charge in [-0.25, -0.2) is 4.98 Å². The number of thiophene rings is 1. The van der Waals surface area contributed by atoms with E-state index in [9.17, 15) is 9.59 Å². The summed E-state index contributed by atoms with van der Waals surface area (Å²) < 4.78 is 2.03. The lowest BCUT2D eigenvalue weighted by molar-refractivity contribution is -0.118. The average molecular weight is 490 g/mol. The van der Waals surface area contributed by atoms with E-state index >= 15 is 0 Å². The van der Waals surface area contributed by atoms with Gasteiger partial charge in [-0.2, -0.15) is 0 Å². The van der Waals surface area contributed by atoms with Crippen molar-refractivity contribution >= 4 is 62.4 Å². The minimum absolute atomic E-state index is 0.132. The van der Waals surface area contributed by atoms with Crippen molar-refractivity contribution < 1.29 is 4.79 Å². The Labute approximate surface area is 197 Å². The molecule has 2 aromatic heterocycles. The monoisotopic (exact) mass is 489 g/mol. The molecule has 4 aromatic rings. The number of halogens is 2. The highest BCUT2D eigenvalue weighted by molar-refractivity contribution is 7.99. The maximum atomic E-state index is 13.1. The zero-order valence-electron chi connectivity index (χ0n) is 16.2. The number of benzene rings is 2. The van der Waals surface area contributed by atoms with Crippen molar-refractivity contribution in [2.45, 2.75) is 11.6 Å². The van der Waals surface area contributed by atoms with Gasteiger partial charge in [0.1, 0.15) is 4.70 Å². The van der Waals surface area contributed by atoms with Gasteiger partial charge in [-0.3, -0.25) is 14.2 Å². The molecule has 0 atom stereocenters. The molecule has 0 aliphatic rings. The van der Waals surface area contributed by atoms with Gasteiger partial charge in [0.25, 0.3) is 5.56 Å². The molecule has 0 fully saturated rings. The number of fused-ring (bicyclic) bond motifs is 1. The number of carbonyl (C=O) groups excluding carboxylic acids is 1. The largest absolute Gasteiger partial charge is 0.355 e. The fourth-order valence-corrected chi connectivity index (χ4v) is 4.95. The van der Waals surface area contributed by atoms with Crippen LogP contribution in [0.2, 0.25) is 10.0 Å². The third kappa shape index (κ3) is 5.13. The Morgan fingerprint density at radius 3 is 2.65 bits per heavy atom. The van der Waals surface area contributed by atoms with E-state index in [4.69, 9.17) is 23.2 Å². The molecule has 2 heterocycles. The molecule has 4 rings (SSSR count). The van der Waals surface area contributed by atoms with Gasteiger partial charge < -0.3 is 5.32 Å². The van der Waals surface area contributed by atoms with Crippen LogP contribution in [0.5, 0.6) is 0 Å². The van der Waals surface area contributed by atoms with Crippen molar-refractivity contribution in [1.82, 2.24) is 14.9 Å². The molecular weight excluding hydrogens is 473 g/mol. The van der Waals surface area contributed by atoms with Crippen LogP contribution in [0.3, 0.4) is 0 Å². The topological polar surface area (TPSA) is 64.0 Å². The smallest absolute Gasteiger partial charge is 0.276 e. The van der Waals surface area contributed by atoms with Crippen molar-refractivity contribution in [3.05, 3.63) is 85.9 Å². The summed E-state index contributed by atoms with van der Waals surface area (Å²) in [7, 11) is 0. The number of hydrogen-bond acceptors (Lipinski definition) is 5. The molecular formula is C22H17Cl2N3O2S2. The summed E-state index contributed by atoms with van der Waals surface area (Å²) in [4.78, 5) is 30.1. The third-order valence-electron chi connectivity index (χ3n) is 4.52. The normalized spacial score (nSPS) is 11.0. The molecule has 158 valence electrons. The lowest BCUT2D eigenvalue weighted by Crippen LogP contribution is -2.28. The molecule has 0 spiro atoms. The second kappa shape index (κ2) is 9.87. The Morgan fingerprint density at radius 2 is 1.87 bits per heavy atom. The fourth-order valence-electron chi connectivity index (χ4n) is 3.01. The van der Waals surface area contributed by atoms with Crippen LogP contribution in [0.4, 0.5) is 0 Å². The van der Waals surface area contributed by atoms with Gasteiger partial charge in [0, 0.05) is 11.6 Å². The molecule has 0 radical (unpaired) electrons. The van der Waals surface area contributed by atoms with E-state index in [1.165, 1.54) is 27.7 Å². The molecule has 0 aliphatic heterocycles. The van der Waals surface area contributed by atoms with Gasteiger partial charge in [0.2, 0.25) is 5.91 Å². The summed E-state index contributed by atoms with van der Waals surface area (Å²) in [6, 6.07) is 16.4. The highest BCUT2D eigenvalue weighted by atomic mass is 35.5. The molecule has 1 N–H and O–H groups in total. The van der Waals surface area contributed by atoms with E-state index in [1.807, 2.05) is 35.7 Å². The van der Waals surface area contributed by atoms with E-state index in [0.717, 1.165) is 5.56 Å². The first-order valence-corrected chi connectivity index (χ1v) is 12.0. The van der Waals surface area contributed by atoms with E-state index in [2.05, 4.69) is 10.3 Å². The first kappa shape index (κ1) is 21.9. The molecule has 0 saturated heterocycles. The van der Waals surface area contributed by atoms with Crippen LogP contribution in [-0.4, -0.2) is 27.8 Å². The zero-order chi connectivity index (χ0) is 21.8. The van der Waals surface area contributed by atoms with E-state index in [0.29, 0.717) is 44.1 Å². The number of aromatic nitrogens is 2. The van der Waals surface area contributed by atoms with Crippen LogP contribution >= 0.6 is 46.3 Å². The lowest BCUT2D eigenvalue weighted by atomic mass is 10.1. The number of rotatable bonds is 7. The predicted octanol–water partition coefficient (Wildman–Crippen LogP) is 5.21. The quantitative estimate of drug-likeness (QED) is 0.286. The second-order valence-electron chi connectivity index (χ2n) is 6.64. The average Bonchev–Trinajstić information content (AvgIpc) is 3.24. The Hall–Kier alpha value is -2.32. The minimum Gasteiger partial charge on any atom is -0.355 e. The first-order chi connectivity index (χ1) is 15.0. The van der Waals surface area contributed by atoms with Gasteiger partial charge in [-0.1, -0.05) is 59.2 Å². The highest BCUT2D eigenvalue weighted by Crippen LogP contribution is 2.26. The molecule has 31 heavy (non-hydrogen) atoms. The van der Waals surface area contributed by atoms with Gasteiger partial charge in [0.15, 0.2) is 5.16 Å². The molecule has 1 amide bonds. The van der Waals surface area contributed by atoms with Crippen LogP contribution in [0.15, 0.2) is 69.9 Å². The number of nitrogens with zero attached hydrogens (tertiary/aromatic N) is 2. The predicted molar refractivity (Wildman–Crippen MR) is 129 cm³/mol. The highest BCUT2D eigenvalue weighted by Gasteiger charge is 2.17. The zero-order valence-corrected chi connectivity index (χ0v) is 19.3. The standard InChI is InChI=1S/C22H17Cl2N3O2S2/c23-15-7-5-14(6-8-15)9-11-25-19(28)13-31-22-26-17-10-12-30-20(17)21(29)27(22)18-4-2-1-3-16(18)24/h1-8,10,12H,9,11,13H2,(H,25,28). The molecule has 2 aromatic carbocycles. The molecule has 0 aliphatic carbocycles. The van der Waals surface area contributed by atoms with Crippen molar-refractivity contribution in [1.29, 1.82) is 0 Å². The van der Waals surface area contributed by atoms with Crippen molar-refractivity contribution in [3.8, 4) is 5.69 Å². The number of carbonyl (C=O) groups is 1. The number of nitrogens with one attached hydrogen (secondary N) is 1. The van der Waals surface area contributed by atoms with Crippen LogP contribution in [-0.2, 0) is 11.2 Å². The van der Waals surface area contributed by atoms with Crippen LogP contribution < -0.4 is 10.9 Å². The van der Waals surface area contributed by atoms with Crippen molar-refractivity contribution in [2.75, 3.05) is 12.3 Å². The van der Waals surface area contributed by atoms with Crippen molar-refractivity contribution in [3.63, 3.8) is 0 Å². The summed E-state index contributed by atoms with van der Waals surface area (Å²) in [6.07, 6.45) is 0.705. The first-order valence-electron chi connectivity index (χ1n) is 9.42. The SMILES string of the molecule is O=C(CSc1nc2ccsc2c(=O)n1-c1ccccc1Cl)NCCc1ccc(Cl)cc1. The Morgan fingerprint density at radius 1 is 1.10 bits per heavy atom. The molecule has 0 unspecified atom stereocenters. The Bertz CT molecular complexity index is 1290. The van der Waals surface area contributed by atoms with Crippen LogP contribution in [0.1, 0.15) is 5.56 Å². The van der Waals surface area contributed by atoms with Crippen LogP contribution in [0, 0.1) is 0 Å². The van der Waals surface area contributed by atoms with Gasteiger partial charge >= 0.3 is 0 Å². The lowest BCUT2D eigenvalue weighted by Gasteiger charge is -2.13. The summed E-state index contributed by atoms with van der Waals surface area (Å²) in [6.45, 7) is 0.509. The van der Waals surface area contributed by atoms with E-state index < -0.39 is 0 Å². The molecule has 0 bridgehead atoms. The maximum Gasteiger partial charge on any atom is 0.276 e. The van der Waals surface area contributed by atoms with E-state index in [-0.39, 0.29) is 17.2 Å². The Kier molecular flexibility index (Phi) is 6.97. The number of amides is 1. The maximum absolute atomic E-state index is 13.1. The fraction of sp³-hybridized carbons (Fsp3) is 0.136. The summed E-state index contributed by atoms with van der Waals surface area (Å²) in [5.41, 5.74) is 2.06. The molecule has 0 saturated carbocycles. The van der Waals surface area contributed by atoms with Crippen LogP contribution in [0.25, 0.3) is 15.9 Å². The summed E-state index contributed by atoms with van der Waals surface area (Å²) in [5.74, 6) is -0.00278. The Balaban J connectivity index is 1.49. The molecule has 9 heteroatoms. The van der Waals surface area contributed by atoms with Gasteiger partial charge in [0.05, 0.1) is 22.0 Å².